The number of halogens is 3. The zero-order chi connectivity index (χ0) is 18.6. The van der Waals surface area contributed by atoms with Crippen molar-refractivity contribution in [3.63, 3.8) is 0 Å². The van der Waals surface area contributed by atoms with Gasteiger partial charge in [-0.1, -0.05) is 54.6 Å². The van der Waals surface area contributed by atoms with Crippen LogP contribution in [0.1, 0.15) is 38.2 Å². The van der Waals surface area contributed by atoms with Gasteiger partial charge in [-0.25, -0.2) is 4.98 Å². The molecule has 0 aliphatic carbocycles. The van der Waals surface area contributed by atoms with Crippen molar-refractivity contribution in [1.82, 2.24) is 9.55 Å². The van der Waals surface area contributed by atoms with Gasteiger partial charge in [0.2, 0.25) is 0 Å². The van der Waals surface area contributed by atoms with Crippen LogP contribution in [0.3, 0.4) is 0 Å². The van der Waals surface area contributed by atoms with Gasteiger partial charge in [0.1, 0.15) is 0 Å². The van der Waals surface area contributed by atoms with Gasteiger partial charge in [-0.15, -0.1) is 23.5 Å². The molecule has 1 aromatic heterocycles. The Balaban J connectivity index is 1.74. The highest BCUT2D eigenvalue weighted by atomic mass is 35.5. The van der Waals surface area contributed by atoms with Crippen LogP contribution >= 0.6 is 58.3 Å². The van der Waals surface area contributed by atoms with E-state index in [9.17, 15) is 0 Å². The molecule has 2 atom stereocenters. The zero-order valence-corrected chi connectivity index (χ0v) is 18.7. The molecular weight excluding hydrogens is 427 g/mol. The first-order valence-electron chi connectivity index (χ1n) is 8.92. The van der Waals surface area contributed by atoms with E-state index in [2.05, 4.69) is 40.0 Å². The molecule has 142 valence electrons. The molecular formula is C19H23Cl3N2S2. The van der Waals surface area contributed by atoms with Crippen molar-refractivity contribution in [3.8, 4) is 0 Å². The van der Waals surface area contributed by atoms with Gasteiger partial charge in [-0.3, -0.25) is 0 Å². The molecule has 1 aliphatic heterocycles. The molecule has 0 saturated carbocycles. The summed E-state index contributed by atoms with van der Waals surface area (Å²) in [7, 11) is 0. The van der Waals surface area contributed by atoms with Crippen LogP contribution in [0.15, 0.2) is 30.9 Å². The minimum atomic E-state index is 0.130. The molecule has 3 rings (SSSR count). The van der Waals surface area contributed by atoms with Crippen molar-refractivity contribution >= 4 is 58.3 Å². The Hall–Kier alpha value is -0.000000000000000167. The van der Waals surface area contributed by atoms with Crippen LogP contribution in [-0.4, -0.2) is 24.6 Å². The zero-order valence-electron chi connectivity index (χ0n) is 14.8. The highest BCUT2D eigenvalue weighted by Gasteiger charge is 2.40. The van der Waals surface area contributed by atoms with Gasteiger partial charge in [0.25, 0.3) is 0 Å². The average molecular weight is 450 g/mol. The van der Waals surface area contributed by atoms with Crippen molar-refractivity contribution in [2.24, 2.45) is 0 Å². The highest BCUT2D eigenvalue weighted by Crippen LogP contribution is 2.53. The van der Waals surface area contributed by atoms with E-state index >= 15 is 0 Å². The molecule has 1 aliphatic rings. The summed E-state index contributed by atoms with van der Waals surface area (Å²) in [6.45, 7) is 3.21. The summed E-state index contributed by atoms with van der Waals surface area (Å²) in [6.07, 6.45) is 11.5. The molecule has 0 N–H and O–H groups in total. The van der Waals surface area contributed by atoms with E-state index in [1.54, 1.807) is 12.1 Å². The fourth-order valence-electron chi connectivity index (χ4n) is 3.27. The summed E-state index contributed by atoms with van der Waals surface area (Å²) >= 11 is 23.1. The first-order valence-corrected chi connectivity index (χ1v) is 11.9. The van der Waals surface area contributed by atoms with Crippen LogP contribution in [-0.2, 0) is 13.0 Å². The van der Waals surface area contributed by atoms with Gasteiger partial charge >= 0.3 is 0 Å². The Kier molecular flexibility index (Phi) is 7.55. The molecule has 26 heavy (non-hydrogen) atoms. The number of hydrogen-bond acceptors (Lipinski definition) is 3. The molecule has 0 bridgehead atoms. The fraction of sp³-hybridized carbons (Fsp3) is 0.526. The SMILES string of the molecule is CCCCC1CSC(CCc2c(Cl)cc(Cl)cc2Cl)(Cn2ccnc2)S1. The van der Waals surface area contributed by atoms with Gasteiger partial charge in [0.05, 0.1) is 10.4 Å². The smallest absolute Gasteiger partial charge is 0.0946 e. The molecule has 2 heterocycles. The Morgan fingerprint density at radius 2 is 2.04 bits per heavy atom. The maximum Gasteiger partial charge on any atom is 0.0946 e. The third-order valence-corrected chi connectivity index (χ3v) is 9.31. The number of aromatic nitrogens is 2. The van der Waals surface area contributed by atoms with Crippen LogP contribution in [0, 0.1) is 0 Å². The van der Waals surface area contributed by atoms with Crippen LogP contribution in [0.4, 0.5) is 0 Å². The maximum absolute atomic E-state index is 6.41. The molecule has 1 saturated heterocycles. The second-order valence-corrected chi connectivity index (χ2v) is 11.3. The Morgan fingerprint density at radius 1 is 1.27 bits per heavy atom. The van der Waals surface area contributed by atoms with Crippen LogP contribution < -0.4 is 0 Å². The largest absolute Gasteiger partial charge is 0.335 e. The monoisotopic (exact) mass is 448 g/mol. The third-order valence-electron chi connectivity index (χ3n) is 4.64. The predicted octanol–water partition coefficient (Wildman–Crippen LogP) is 7.21. The van der Waals surface area contributed by atoms with Crippen molar-refractivity contribution in [1.29, 1.82) is 0 Å². The first-order chi connectivity index (χ1) is 12.5. The van der Waals surface area contributed by atoms with E-state index in [1.165, 1.54) is 25.0 Å². The lowest BCUT2D eigenvalue weighted by Gasteiger charge is -2.29. The van der Waals surface area contributed by atoms with Crippen molar-refractivity contribution in [2.45, 2.75) is 54.9 Å². The number of hydrogen-bond donors (Lipinski definition) is 0. The second kappa shape index (κ2) is 9.47. The van der Waals surface area contributed by atoms with Gasteiger partial charge < -0.3 is 4.57 Å². The maximum atomic E-state index is 6.41. The van der Waals surface area contributed by atoms with E-state index in [4.69, 9.17) is 34.8 Å². The lowest BCUT2D eigenvalue weighted by molar-refractivity contribution is 0.591. The normalized spacial score (nSPS) is 22.8. The minimum Gasteiger partial charge on any atom is -0.335 e. The van der Waals surface area contributed by atoms with E-state index in [1.807, 2.05) is 18.7 Å². The average Bonchev–Trinajstić information content (AvgIpc) is 3.23. The molecule has 0 radical (unpaired) electrons. The van der Waals surface area contributed by atoms with E-state index in [-0.39, 0.29) is 4.08 Å². The molecule has 2 unspecified atom stereocenters. The number of nitrogens with zero attached hydrogens (tertiary/aromatic N) is 2. The summed E-state index contributed by atoms with van der Waals surface area (Å²) < 4.78 is 2.32. The molecule has 2 aromatic rings. The third kappa shape index (κ3) is 5.29. The Bertz CT molecular complexity index is 701. The van der Waals surface area contributed by atoms with Crippen molar-refractivity contribution < 1.29 is 0 Å². The summed E-state index contributed by atoms with van der Waals surface area (Å²) in [6, 6.07) is 3.57. The first kappa shape index (κ1) is 20.7. The second-order valence-electron chi connectivity index (χ2n) is 6.69. The van der Waals surface area contributed by atoms with E-state index in [0.717, 1.165) is 30.2 Å². The molecule has 7 heteroatoms. The number of rotatable bonds is 8. The standard InChI is InChI=1S/C19H23Cl3N2S2/c1-2-3-4-15-11-25-19(26-15,12-24-8-7-23-13-24)6-5-16-17(21)9-14(20)10-18(16)22/h7-10,13,15H,2-6,11-12H2,1H3. The molecule has 1 aromatic carbocycles. The molecule has 1 fully saturated rings. The van der Waals surface area contributed by atoms with Crippen LogP contribution in [0.5, 0.6) is 0 Å². The van der Waals surface area contributed by atoms with E-state index in [0.29, 0.717) is 15.1 Å². The van der Waals surface area contributed by atoms with Gasteiger partial charge in [0.15, 0.2) is 0 Å². The minimum absolute atomic E-state index is 0.130. The van der Waals surface area contributed by atoms with Gasteiger partial charge in [0, 0.05) is 45.0 Å². The number of benzene rings is 1. The topological polar surface area (TPSA) is 17.8 Å². The highest BCUT2D eigenvalue weighted by molar-refractivity contribution is 8.21. The summed E-state index contributed by atoms with van der Waals surface area (Å²) in [5.41, 5.74) is 1.00. The lowest BCUT2D eigenvalue weighted by Crippen LogP contribution is -2.25. The Morgan fingerprint density at radius 3 is 2.69 bits per heavy atom. The predicted molar refractivity (Wildman–Crippen MR) is 118 cm³/mol. The van der Waals surface area contributed by atoms with Gasteiger partial charge in [-0.05, 0) is 37.0 Å². The number of thioether (sulfide) groups is 2. The molecule has 2 nitrogen and oxygen atoms in total. The van der Waals surface area contributed by atoms with Crippen molar-refractivity contribution in [3.05, 3.63) is 51.5 Å². The molecule has 0 spiro atoms. The van der Waals surface area contributed by atoms with Gasteiger partial charge in [-0.2, -0.15) is 0 Å². The number of unbranched alkanes of at least 4 members (excludes halogenated alkanes) is 1. The van der Waals surface area contributed by atoms with E-state index < -0.39 is 0 Å². The molecule has 0 amide bonds. The van der Waals surface area contributed by atoms with Crippen molar-refractivity contribution in [2.75, 3.05) is 5.75 Å². The lowest BCUT2D eigenvalue weighted by atomic mass is 10.1. The van der Waals surface area contributed by atoms with Crippen LogP contribution in [0.25, 0.3) is 0 Å². The number of imidazole rings is 1. The quantitative estimate of drug-likeness (QED) is 0.424. The fourth-order valence-corrected chi connectivity index (χ4v) is 8.11. The van der Waals surface area contributed by atoms with Crippen LogP contribution in [0.2, 0.25) is 15.1 Å². The summed E-state index contributed by atoms with van der Waals surface area (Å²) in [5.74, 6) is 1.21. The summed E-state index contributed by atoms with van der Waals surface area (Å²) in [5, 5.41) is 2.63. The summed E-state index contributed by atoms with van der Waals surface area (Å²) in [4.78, 5) is 4.21. The Labute approximate surface area is 179 Å².